The second-order valence-corrected chi connectivity index (χ2v) is 4.60. The normalized spacial score (nSPS) is 22.7. The minimum atomic E-state index is -0.287. The molecule has 1 rings (SSSR count). The molecule has 0 aromatic carbocycles. The Morgan fingerprint density at radius 2 is 2.07 bits per heavy atom. The largest absolute Gasteiger partial charge is 0.469 e. The minimum absolute atomic E-state index is 0.0351. The molecular weight excluding hydrogens is 182 g/mol. The summed E-state index contributed by atoms with van der Waals surface area (Å²) in [4.78, 5) is 24.5. The van der Waals surface area contributed by atoms with Gasteiger partial charge in [0.2, 0.25) is 5.91 Å². The number of carbonyl (C=O) groups excluding carboxylic acids is 2. The van der Waals surface area contributed by atoms with Crippen molar-refractivity contribution in [2.75, 3.05) is 13.7 Å². The van der Waals surface area contributed by atoms with Crippen LogP contribution in [-0.4, -0.2) is 36.0 Å². The zero-order chi connectivity index (χ0) is 10.9. The van der Waals surface area contributed by atoms with E-state index >= 15 is 0 Å². The first-order chi connectivity index (χ1) is 6.36. The summed E-state index contributed by atoms with van der Waals surface area (Å²) in [6.07, 6.45) is 0.282. The van der Waals surface area contributed by atoms with Crippen molar-refractivity contribution in [3.63, 3.8) is 0 Å². The van der Waals surface area contributed by atoms with Gasteiger partial charge in [0, 0.05) is 18.5 Å². The standard InChI is InChI=1S/C10H17NO3/c1-10(2,3)11-6-7(5-8(11)12)9(13)14-4/h7H,5-6H2,1-4H3/t7-/m1/s1. The molecule has 0 N–H and O–H groups in total. The number of hydrogen-bond acceptors (Lipinski definition) is 3. The maximum Gasteiger partial charge on any atom is 0.310 e. The van der Waals surface area contributed by atoms with Gasteiger partial charge in [-0.25, -0.2) is 0 Å². The van der Waals surface area contributed by atoms with Crippen LogP contribution in [0.3, 0.4) is 0 Å². The van der Waals surface area contributed by atoms with Gasteiger partial charge in [-0.3, -0.25) is 9.59 Å². The SMILES string of the molecule is COC(=O)[C@@H]1CC(=O)N(C(C)(C)C)C1. The average Bonchev–Trinajstić information content (AvgIpc) is 2.45. The molecule has 1 amide bonds. The fourth-order valence-electron chi connectivity index (χ4n) is 1.68. The predicted octanol–water partition coefficient (Wildman–Crippen LogP) is 0.806. The zero-order valence-electron chi connectivity index (χ0n) is 9.16. The summed E-state index contributed by atoms with van der Waals surface area (Å²) in [7, 11) is 1.35. The third-order valence-electron chi connectivity index (χ3n) is 2.47. The van der Waals surface area contributed by atoms with Crippen LogP contribution in [0, 0.1) is 5.92 Å². The Morgan fingerprint density at radius 1 is 1.50 bits per heavy atom. The van der Waals surface area contributed by atoms with Crippen molar-refractivity contribution in [1.29, 1.82) is 0 Å². The van der Waals surface area contributed by atoms with Gasteiger partial charge in [-0.05, 0) is 20.8 Å². The molecular formula is C10H17NO3. The van der Waals surface area contributed by atoms with Gasteiger partial charge in [0.05, 0.1) is 13.0 Å². The number of methoxy groups -OCH3 is 1. The van der Waals surface area contributed by atoms with Gasteiger partial charge < -0.3 is 9.64 Å². The molecule has 0 unspecified atom stereocenters. The summed E-state index contributed by atoms with van der Waals surface area (Å²) in [5.41, 5.74) is -0.208. The topological polar surface area (TPSA) is 46.6 Å². The highest BCUT2D eigenvalue weighted by molar-refractivity contribution is 5.87. The summed E-state index contributed by atoms with van der Waals surface area (Å²) in [5, 5.41) is 0. The van der Waals surface area contributed by atoms with Gasteiger partial charge >= 0.3 is 5.97 Å². The number of ether oxygens (including phenoxy) is 1. The van der Waals surface area contributed by atoms with E-state index in [9.17, 15) is 9.59 Å². The molecule has 4 nitrogen and oxygen atoms in total. The first-order valence-electron chi connectivity index (χ1n) is 4.74. The van der Waals surface area contributed by atoms with Crippen LogP contribution in [0.25, 0.3) is 0 Å². The van der Waals surface area contributed by atoms with Crippen molar-refractivity contribution >= 4 is 11.9 Å². The van der Waals surface area contributed by atoms with Crippen molar-refractivity contribution < 1.29 is 14.3 Å². The number of nitrogens with zero attached hydrogens (tertiary/aromatic N) is 1. The maximum absolute atomic E-state index is 11.6. The lowest BCUT2D eigenvalue weighted by molar-refractivity contribution is -0.145. The molecule has 1 aliphatic rings. The zero-order valence-corrected chi connectivity index (χ0v) is 9.16. The Bertz CT molecular complexity index is 255. The first kappa shape index (κ1) is 11.0. The Balaban J connectivity index is 2.70. The molecule has 14 heavy (non-hydrogen) atoms. The minimum Gasteiger partial charge on any atom is -0.469 e. The lowest BCUT2D eigenvalue weighted by Gasteiger charge is -2.31. The Morgan fingerprint density at radius 3 is 2.43 bits per heavy atom. The van der Waals surface area contributed by atoms with E-state index in [-0.39, 0.29) is 29.8 Å². The Kier molecular flexibility index (Phi) is 2.83. The molecule has 1 heterocycles. The Labute approximate surface area is 84.2 Å². The summed E-state index contributed by atoms with van der Waals surface area (Å²) in [6, 6.07) is 0. The van der Waals surface area contributed by atoms with Crippen LogP contribution in [0.1, 0.15) is 27.2 Å². The number of amides is 1. The van der Waals surface area contributed by atoms with Crippen molar-refractivity contribution in [2.45, 2.75) is 32.7 Å². The highest BCUT2D eigenvalue weighted by Gasteiger charge is 2.39. The fraction of sp³-hybridized carbons (Fsp3) is 0.800. The van der Waals surface area contributed by atoms with Crippen molar-refractivity contribution in [2.24, 2.45) is 5.92 Å². The third kappa shape index (κ3) is 2.05. The van der Waals surface area contributed by atoms with E-state index in [2.05, 4.69) is 4.74 Å². The highest BCUT2D eigenvalue weighted by Crippen LogP contribution is 2.26. The summed E-state index contributed by atoms with van der Waals surface area (Å²) in [6.45, 7) is 6.37. The van der Waals surface area contributed by atoms with Gasteiger partial charge in [0.1, 0.15) is 0 Å². The molecule has 0 bridgehead atoms. The predicted molar refractivity (Wildman–Crippen MR) is 51.6 cm³/mol. The first-order valence-corrected chi connectivity index (χ1v) is 4.74. The lowest BCUT2D eigenvalue weighted by Crippen LogP contribution is -2.42. The lowest BCUT2D eigenvalue weighted by atomic mass is 10.1. The second-order valence-electron chi connectivity index (χ2n) is 4.60. The van der Waals surface area contributed by atoms with Crippen LogP contribution in [0.5, 0.6) is 0 Å². The van der Waals surface area contributed by atoms with Crippen LogP contribution in [0.15, 0.2) is 0 Å². The Hall–Kier alpha value is -1.06. The molecule has 1 fully saturated rings. The number of esters is 1. The van der Waals surface area contributed by atoms with Crippen molar-refractivity contribution in [3.05, 3.63) is 0 Å². The van der Waals surface area contributed by atoms with E-state index in [1.165, 1.54) is 7.11 Å². The van der Waals surface area contributed by atoms with E-state index in [1.54, 1.807) is 4.90 Å². The van der Waals surface area contributed by atoms with Crippen LogP contribution in [-0.2, 0) is 14.3 Å². The van der Waals surface area contributed by atoms with Gasteiger partial charge in [-0.1, -0.05) is 0 Å². The molecule has 0 spiro atoms. The third-order valence-corrected chi connectivity index (χ3v) is 2.47. The molecule has 0 saturated carbocycles. The highest BCUT2D eigenvalue weighted by atomic mass is 16.5. The molecule has 80 valence electrons. The van der Waals surface area contributed by atoms with Crippen LogP contribution in [0.2, 0.25) is 0 Å². The molecule has 0 aromatic heterocycles. The van der Waals surface area contributed by atoms with Gasteiger partial charge in [-0.15, -0.1) is 0 Å². The van der Waals surface area contributed by atoms with E-state index < -0.39 is 0 Å². The summed E-state index contributed by atoms with van der Waals surface area (Å²) >= 11 is 0. The van der Waals surface area contributed by atoms with Gasteiger partial charge in [-0.2, -0.15) is 0 Å². The molecule has 1 aliphatic heterocycles. The molecule has 4 heteroatoms. The van der Waals surface area contributed by atoms with E-state index in [0.717, 1.165) is 0 Å². The van der Waals surface area contributed by atoms with E-state index in [1.807, 2.05) is 20.8 Å². The van der Waals surface area contributed by atoms with E-state index in [0.29, 0.717) is 6.54 Å². The van der Waals surface area contributed by atoms with Crippen LogP contribution >= 0.6 is 0 Å². The monoisotopic (exact) mass is 199 g/mol. The number of likely N-dealkylation sites (tertiary alicyclic amines) is 1. The molecule has 0 radical (unpaired) electrons. The van der Waals surface area contributed by atoms with Crippen LogP contribution < -0.4 is 0 Å². The number of rotatable bonds is 1. The van der Waals surface area contributed by atoms with Gasteiger partial charge in [0.25, 0.3) is 0 Å². The summed E-state index contributed by atoms with van der Waals surface area (Å²) in [5.74, 6) is -0.537. The molecule has 1 saturated heterocycles. The average molecular weight is 199 g/mol. The number of carbonyl (C=O) groups is 2. The van der Waals surface area contributed by atoms with Crippen LogP contribution in [0.4, 0.5) is 0 Å². The van der Waals surface area contributed by atoms with Crippen molar-refractivity contribution in [1.82, 2.24) is 4.90 Å². The van der Waals surface area contributed by atoms with Gasteiger partial charge in [0.15, 0.2) is 0 Å². The maximum atomic E-state index is 11.6. The van der Waals surface area contributed by atoms with Crippen molar-refractivity contribution in [3.8, 4) is 0 Å². The quantitative estimate of drug-likeness (QED) is 0.587. The number of hydrogen-bond donors (Lipinski definition) is 0. The summed E-state index contributed by atoms with van der Waals surface area (Å²) < 4.78 is 4.63. The molecule has 0 aliphatic carbocycles. The van der Waals surface area contributed by atoms with E-state index in [4.69, 9.17) is 0 Å². The molecule has 1 atom stereocenters. The fourth-order valence-corrected chi connectivity index (χ4v) is 1.68. The smallest absolute Gasteiger partial charge is 0.310 e. The molecule has 0 aromatic rings. The second kappa shape index (κ2) is 3.59.